The van der Waals surface area contributed by atoms with Crippen LogP contribution in [0.3, 0.4) is 0 Å². The van der Waals surface area contributed by atoms with Gasteiger partial charge in [-0.3, -0.25) is 9.13 Å². The first-order valence-corrected chi connectivity index (χ1v) is 15.8. The van der Waals surface area contributed by atoms with Crippen molar-refractivity contribution in [3.8, 4) is 11.4 Å². The number of aromatic nitrogens is 4. The van der Waals surface area contributed by atoms with Crippen molar-refractivity contribution in [2.75, 3.05) is 0 Å². The number of halogens is 4. The van der Waals surface area contributed by atoms with Crippen LogP contribution in [-0.4, -0.2) is 19.1 Å². The quantitative estimate of drug-likeness (QED) is 0.183. The van der Waals surface area contributed by atoms with Crippen molar-refractivity contribution in [2.24, 2.45) is 0 Å². The number of aromatic amines is 2. The summed E-state index contributed by atoms with van der Waals surface area (Å²) in [6.07, 6.45) is 0. The summed E-state index contributed by atoms with van der Waals surface area (Å²) < 4.78 is 7.67. The van der Waals surface area contributed by atoms with Gasteiger partial charge in [0.05, 0.1) is 33.4 Å². The molecule has 210 valence electrons. The van der Waals surface area contributed by atoms with Gasteiger partial charge in [-0.1, -0.05) is 88.0 Å². The molecule has 0 unspecified atom stereocenters. The monoisotopic (exact) mass is 810 g/mol. The summed E-state index contributed by atoms with van der Waals surface area (Å²) in [5.74, 6) is 0. The highest BCUT2D eigenvalue weighted by atomic mass is 79.9. The number of nitrogens with one attached hydrogen (secondary N) is 2. The van der Waals surface area contributed by atoms with Gasteiger partial charge in [0.15, 0.2) is 0 Å². The number of rotatable bonds is 2. The normalized spacial score (nSPS) is 10.6. The Hall–Kier alpha value is -3.44. The fourth-order valence-corrected chi connectivity index (χ4v) is 5.29. The van der Waals surface area contributed by atoms with Crippen LogP contribution >= 0.6 is 63.7 Å². The first-order chi connectivity index (χ1) is 20.3. The molecule has 42 heavy (non-hydrogen) atoms. The molecule has 0 spiro atoms. The number of imidazole rings is 2. The van der Waals surface area contributed by atoms with E-state index in [1.54, 1.807) is 9.13 Å². The molecule has 0 aliphatic carbocycles. The van der Waals surface area contributed by atoms with Gasteiger partial charge in [-0.05, 0) is 97.1 Å². The van der Waals surface area contributed by atoms with Gasteiger partial charge in [0.25, 0.3) is 0 Å². The van der Waals surface area contributed by atoms with Crippen molar-refractivity contribution in [2.45, 2.75) is 0 Å². The Kier molecular flexibility index (Phi) is 9.79. The second-order valence-electron chi connectivity index (χ2n) is 8.96. The molecular weight excluding hydrogens is 792 g/mol. The number of H-pyrrole nitrogens is 2. The summed E-state index contributed by atoms with van der Waals surface area (Å²) in [5.41, 5.74) is 4.92. The summed E-state index contributed by atoms with van der Waals surface area (Å²) in [6.45, 7) is 0. The third kappa shape index (κ3) is 7.12. The van der Waals surface area contributed by atoms with E-state index >= 15 is 0 Å². The molecule has 10 heteroatoms. The lowest BCUT2D eigenvalue weighted by Crippen LogP contribution is -2.22. The van der Waals surface area contributed by atoms with Crippen LogP contribution in [0.5, 0.6) is 0 Å². The fourth-order valence-electron chi connectivity index (χ4n) is 4.23. The number of benzene rings is 5. The van der Waals surface area contributed by atoms with Gasteiger partial charge in [-0.15, -0.1) is 0 Å². The molecule has 7 aromatic rings. The molecule has 0 radical (unpaired) electrons. The molecule has 0 aliphatic heterocycles. The molecule has 7 rings (SSSR count). The average Bonchev–Trinajstić information content (AvgIpc) is 3.52. The van der Waals surface area contributed by atoms with E-state index in [9.17, 15) is 9.59 Å². The first-order valence-electron chi connectivity index (χ1n) is 12.6. The molecule has 0 aliphatic rings. The number of hydrogen-bond acceptors (Lipinski definition) is 2. The van der Waals surface area contributed by atoms with Gasteiger partial charge >= 0.3 is 11.4 Å². The Labute approximate surface area is 274 Å². The van der Waals surface area contributed by atoms with Gasteiger partial charge in [0.2, 0.25) is 0 Å². The van der Waals surface area contributed by atoms with Crippen LogP contribution in [0.15, 0.2) is 149 Å². The summed E-state index contributed by atoms with van der Waals surface area (Å²) in [4.78, 5) is 29.1. The molecule has 0 bridgehead atoms. The largest absolute Gasteiger partial charge is 0.338 e. The highest BCUT2D eigenvalue weighted by Gasteiger charge is 2.15. The predicted octanol–water partition coefficient (Wildman–Crippen LogP) is 9.37. The minimum absolute atomic E-state index is 0.0826. The van der Waals surface area contributed by atoms with E-state index in [-0.39, 0.29) is 11.4 Å². The van der Waals surface area contributed by atoms with Crippen molar-refractivity contribution in [1.82, 2.24) is 19.1 Å². The van der Waals surface area contributed by atoms with Crippen LogP contribution in [0, 0.1) is 0 Å². The summed E-state index contributed by atoms with van der Waals surface area (Å²) in [5, 5.41) is 0. The Morgan fingerprint density at radius 2 is 0.738 bits per heavy atom. The number of nitrogens with zero attached hydrogens (tertiary/aromatic N) is 2. The topological polar surface area (TPSA) is 75.6 Å². The molecule has 0 fully saturated rings. The molecule has 6 nitrogen and oxygen atoms in total. The molecule has 0 atom stereocenters. The van der Waals surface area contributed by atoms with Gasteiger partial charge in [0.1, 0.15) is 0 Å². The Bertz CT molecular complexity index is 1920. The van der Waals surface area contributed by atoms with E-state index in [2.05, 4.69) is 73.7 Å². The maximum absolute atomic E-state index is 13.2. The minimum atomic E-state index is -0.152. The van der Waals surface area contributed by atoms with Crippen LogP contribution in [0.2, 0.25) is 0 Å². The molecular formula is C32H22Br4N4O2. The zero-order valence-corrected chi connectivity index (χ0v) is 28.1. The van der Waals surface area contributed by atoms with Crippen LogP contribution < -0.4 is 11.4 Å². The smallest absolute Gasteiger partial charge is 0.306 e. The summed E-state index contributed by atoms with van der Waals surface area (Å²) in [6, 6.07) is 38.7. The number of hydrogen-bond donors (Lipinski definition) is 2. The van der Waals surface area contributed by atoms with Crippen molar-refractivity contribution < 1.29 is 0 Å². The highest BCUT2D eigenvalue weighted by molar-refractivity contribution is 9.11. The third-order valence-corrected chi connectivity index (χ3v) is 8.26. The van der Waals surface area contributed by atoms with E-state index in [4.69, 9.17) is 0 Å². The van der Waals surface area contributed by atoms with Crippen LogP contribution in [-0.2, 0) is 0 Å². The molecule has 0 amide bonds. The maximum atomic E-state index is 13.2. The lowest BCUT2D eigenvalue weighted by atomic mass is 10.2. The van der Waals surface area contributed by atoms with Gasteiger partial charge in [-0.25, -0.2) is 9.59 Å². The Balaban J connectivity index is 0.000000159. The van der Waals surface area contributed by atoms with E-state index in [1.807, 2.05) is 121 Å². The van der Waals surface area contributed by atoms with E-state index in [0.29, 0.717) is 0 Å². The highest BCUT2D eigenvalue weighted by Crippen LogP contribution is 2.23. The Morgan fingerprint density at radius 1 is 0.429 bits per heavy atom. The minimum Gasteiger partial charge on any atom is -0.306 e. The van der Waals surface area contributed by atoms with Crippen LogP contribution in [0.1, 0.15) is 0 Å². The van der Waals surface area contributed by atoms with E-state index in [0.717, 1.165) is 51.3 Å². The zero-order valence-electron chi connectivity index (χ0n) is 21.8. The average molecular weight is 814 g/mol. The molecule has 0 saturated carbocycles. The number of fused-ring (bicyclic) bond motifs is 2. The number of para-hydroxylation sites is 4. The molecule has 2 N–H and O–H groups in total. The molecule has 5 aromatic carbocycles. The molecule has 0 saturated heterocycles. The van der Waals surface area contributed by atoms with Crippen molar-refractivity contribution in [1.29, 1.82) is 0 Å². The van der Waals surface area contributed by atoms with Crippen LogP contribution in [0.4, 0.5) is 0 Å². The summed E-state index contributed by atoms with van der Waals surface area (Å²) in [7, 11) is 0. The van der Waals surface area contributed by atoms with E-state index < -0.39 is 0 Å². The lowest BCUT2D eigenvalue weighted by Gasteiger charge is -2.03. The molecule has 2 heterocycles. The van der Waals surface area contributed by atoms with Crippen LogP contribution in [0.25, 0.3) is 33.4 Å². The van der Waals surface area contributed by atoms with E-state index in [1.165, 1.54) is 0 Å². The van der Waals surface area contributed by atoms with Gasteiger partial charge < -0.3 is 9.97 Å². The fraction of sp³-hybridized carbons (Fsp3) is 0. The third-order valence-electron chi connectivity index (χ3n) is 6.14. The second-order valence-corrected chi connectivity index (χ2v) is 12.6. The lowest BCUT2D eigenvalue weighted by molar-refractivity contribution is 0.930. The predicted molar refractivity (Wildman–Crippen MR) is 185 cm³/mol. The van der Waals surface area contributed by atoms with Gasteiger partial charge in [0, 0.05) is 17.9 Å². The zero-order chi connectivity index (χ0) is 29.6. The first kappa shape index (κ1) is 30.0. The van der Waals surface area contributed by atoms with Crippen molar-refractivity contribution in [3.63, 3.8) is 0 Å². The van der Waals surface area contributed by atoms with Gasteiger partial charge in [-0.2, -0.15) is 0 Å². The Morgan fingerprint density at radius 3 is 1.10 bits per heavy atom. The molecule has 2 aromatic heterocycles. The second kappa shape index (κ2) is 13.7. The summed E-state index contributed by atoms with van der Waals surface area (Å²) >= 11 is 13.5. The standard InChI is InChI=1S/C19H12Br2N2O.C7H6N2O.C6H4Br2/c20-13-5-9-15(10-6-13)22-17-3-1-2-4-18(17)23(19(22)24)16-11-7-14(21)8-12-16;10-7-8-5-3-1-2-4-6(5)9-7;7-5-1-2-6(8)4-3-5/h1-12H;1-4H,(H2,8,9,10);1-4H. The SMILES string of the molecule is Brc1ccc(Br)cc1.O=c1[nH]c2ccccc2[nH]1.O=c1n(-c2ccc(Br)cc2)c2ccccc2n1-c1ccc(Br)cc1. The van der Waals surface area contributed by atoms with Crippen molar-refractivity contribution >= 4 is 85.8 Å². The maximum Gasteiger partial charge on any atom is 0.338 e. The van der Waals surface area contributed by atoms with Crippen molar-refractivity contribution in [3.05, 3.63) is 160 Å².